The van der Waals surface area contributed by atoms with Gasteiger partial charge >= 0.3 is 6.36 Å². The fourth-order valence-electron chi connectivity index (χ4n) is 3.00. The molecule has 0 radical (unpaired) electrons. The number of nitrogens with zero attached hydrogens (tertiary/aromatic N) is 2. The molecule has 1 aliphatic rings. The molecule has 1 aromatic heterocycles. The number of ether oxygens (including phenoxy) is 1. The highest BCUT2D eigenvalue weighted by atomic mass is 19.4. The zero-order valence-electron chi connectivity index (χ0n) is 14.0. The molecule has 28 heavy (non-hydrogen) atoms. The molecule has 0 unspecified atom stereocenters. The molecule has 0 bridgehead atoms. The minimum atomic E-state index is -4.84. The van der Waals surface area contributed by atoms with Gasteiger partial charge in [0.25, 0.3) is 0 Å². The van der Waals surface area contributed by atoms with Crippen molar-refractivity contribution in [3.05, 3.63) is 59.9 Å². The van der Waals surface area contributed by atoms with Crippen LogP contribution in [-0.4, -0.2) is 33.8 Å². The maximum Gasteiger partial charge on any atom is 0.573 e. The average Bonchev–Trinajstić information content (AvgIpc) is 3.13. The molecule has 3 N–H and O–H groups in total. The molecule has 0 saturated carbocycles. The van der Waals surface area contributed by atoms with Crippen molar-refractivity contribution < 1.29 is 27.4 Å². The molecule has 0 aliphatic carbocycles. The summed E-state index contributed by atoms with van der Waals surface area (Å²) in [4.78, 5) is 8.40. The predicted octanol–water partition coefficient (Wildman–Crippen LogP) is 4.37. The number of amidine groups is 1. The summed E-state index contributed by atoms with van der Waals surface area (Å²) in [6.07, 6.45) is -4.84. The van der Waals surface area contributed by atoms with Crippen molar-refractivity contribution in [1.29, 1.82) is 5.41 Å². The third-order valence-electron chi connectivity index (χ3n) is 4.15. The van der Waals surface area contributed by atoms with Crippen LogP contribution in [0.2, 0.25) is 0 Å². The monoisotopic (exact) mass is 392 g/mol. The lowest BCUT2D eigenvalue weighted by Crippen LogP contribution is -2.26. The summed E-state index contributed by atoms with van der Waals surface area (Å²) in [6.45, 7) is -0.130. The van der Waals surface area contributed by atoms with Gasteiger partial charge in [0.2, 0.25) is 0 Å². The Kier molecular flexibility index (Phi) is 3.98. The summed E-state index contributed by atoms with van der Waals surface area (Å²) >= 11 is 0. The van der Waals surface area contributed by atoms with E-state index in [4.69, 9.17) is 5.41 Å². The van der Waals surface area contributed by atoms with E-state index in [9.17, 15) is 22.7 Å². The van der Waals surface area contributed by atoms with Gasteiger partial charge in [0.1, 0.15) is 29.0 Å². The Morgan fingerprint density at radius 2 is 1.96 bits per heavy atom. The number of aromatic nitrogens is 2. The maximum atomic E-state index is 13.4. The number of nitrogens with one attached hydrogen (secondary N) is 2. The number of aliphatic hydroxyl groups is 1. The lowest BCUT2D eigenvalue weighted by atomic mass is 10.2. The van der Waals surface area contributed by atoms with Gasteiger partial charge in [-0.05, 0) is 30.3 Å². The molecule has 10 heteroatoms. The summed E-state index contributed by atoms with van der Waals surface area (Å²) in [5.41, 5.74) is 1.15. The zero-order chi connectivity index (χ0) is 20.1. The van der Waals surface area contributed by atoms with E-state index in [0.717, 1.165) is 12.1 Å². The lowest BCUT2D eigenvalue weighted by Gasteiger charge is -2.19. The summed E-state index contributed by atoms with van der Waals surface area (Å²) < 4.78 is 54.6. The topological polar surface area (TPSA) is 85.2 Å². The van der Waals surface area contributed by atoms with Gasteiger partial charge in [-0.25, -0.2) is 9.37 Å². The first kappa shape index (κ1) is 17.8. The van der Waals surface area contributed by atoms with Crippen molar-refractivity contribution in [2.24, 2.45) is 0 Å². The number of aliphatic hydroxyl groups excluding tert-OH is 1. The Bertz CT molecular complexity index is 1120. The fourth-order valence-corrected chi connectivity index (χ4v) is 3.00. The number of imidazole rings is 1. The molecule has 0 amide bonds. The Balaban J connectivity index is 1.65. The van der Waals surface area contributed by atoms with Crippen LogP contribution in [0.1, 0.15) is 5.82 Å². The lowest BCUT2D eigenvalue weighted by molar-refractivity contribution is -0.274. The summed E-state index contributed by atoms with van der Waals surface area (Å²) in [5, 5.41) is 18.7. The number of alkyl halides is 3. The number of aromatic amines is 1. The van der Waals surface area contributed by atoms with Crippen LogP contribution >= 0.6 is 0 Å². The molecule has 0 atom stereocenters. The van der Waals surface area contributed by atoms with Gasteiger partial charge in [0.15, 0.2) is 0 Å². The zero-order valence-corrected chi connectivity index (χ0v) is 14.0. The molecule has 0 spiro atoms. The number of rotatable bonds is 3. The maximum absolute atomic E-state index is 13.4. The van der Waals surface area contributed by atoms with Crippen LogP contribution in [0.5, 0.6) is 5.75 Å². The van der Waals surface area contributed by atoms with Crippen molar-refractivity contribution >= 4 is 28.1 Å². The molecule has 3 aromatic rings. The van der Waals surface area contributed by atoms with Crippen molar-refractivity contribution in [3.8, 4) is 5.75 Å². The minimum absolute atomic E-state index is 0.0822. The van der Waals surface area contributed by atoms with Gasteiger partial charge in [0, 0.05) is 11.8 Å². The number of hydrogen-bond donors (Lipinski definition) is 3. The molecular formula is C18H12F4N4O2. The Hall–Kier alpha value is -3.56. The van der Waals surface area contributed by atoms with Crippen LogP contribution in [-0.2, 0) is 0 Å². The van der Waals surface area contributed by atoms with Gasteiger partial charge in [0.05, 0.1) is 23.2 Å². The largest absolute Gasteiger partial charge is 0.573 e. The first-order valence-corrected chi connectivity index (χ1v) is 8.01. The Labute approximate surface area is 155 Å². The molecule has 144 valence electrons. The van der Waals surface area contributed by atoms with Crippen LogP contribution in [0.4, 0.5) is 23.2 Å². The molecule has 6 nitrogen and oxygen atoms in total. The highest BCUT2D eigenvalue weighted by molar-refractivity contribution is 6.30. The number of benzene rings is 2. The normalized spacial score (nSPS) is 15.0. The molecule has 0 saturated heterocycles. The SMILES string of the molecule is N=C1C(c2nc3ccc(F)cc3[nH]2)=C(O)CN1c1cccc(OC(F)(F)F)c1. The van der Waals surface area contributed by atoms with Crippen LogP contribution < -0.4 is 9.64 Å². The minimum Gasteiger partial charge on any atom is -0.509 e. The second kappa shape index (κ2) is 6.25. The highest BCUT2D eigenvalue weighted by Crippen LogP contribution is 2.33. The van der Waals surface area contributed by atoms with Crippen LogP contribution in [0.15, 0.2) is 48.2 Å². The molecule has 1 aliphatic heterocycles. The van der Waals surface area contributed by atoms with Gasteiger partial charge in [-0.3, -0.25) is 5.41 Å². The smallest absolute Gasteiger partial charge is 0.509 e. The van der Waals surface area contributed by atoms with E-state index >= 15 is 0 Å². The first-order chi connectivity index (χ1) is 13.2. The van der Waals surface area contributed by atoms with E-state index in [1.807, 2.05) is 0 Å². The van der Waals surface area contributed by atoms with Crippen molar-refractivity contribution in [3.63, 3.8) is 0 Å². The second-order valence-corrected chi connectivity index (χ2v) is 6.05. The van der Waals surface area contributed by atoms with Gasteiger partial charge in [-0.1, -0.05) is 6.07 Å². The quantitative estimate of drug-likeness (QED) is 0.578. The average molecular weight is 392 g/mol. The number of halogens is 4. The van der Waals surface area contributed by atoms with Crippen molar-refractivity contribution in [2.45, 2.75) is 6.36 Å². The van der Waals surface area contributed by atoms with E-state index in [1.54, 1.807) is 0 Å². The number of fused-ring (bicyclic) bond motifs is 1. The molecular weight excluding hydrogens is 380 g/mol. The summed E-state index contributed by atoms with van der Waals surface area (Å²) in [5.74, 6) is -1.10. The third kappa shape index (κ3) is 3.24. The number of H-pyrrole nitrogens is 1. The van der Waals surface area contributed by atoms with Crippen molar-refractivity contribution in [1.82, 2.24) is 9.97 Å². The van der Waals surface area contributed by atoms with E-state index < -0.39 is 17.9 Å². The summed E-state index contributed by atoms with van der Waals surface area (Å²) in [7, 11) is 0. The Morgan fingerprint density at radius 3 is 2.71 bits per heavy atom. The standard InChI is InChI=1S/C18H12F4N4O2/c19-9-4-5-12-13(6-9)25-17(24-12)15-14(27)8-26(16(15)23)10-2-1-3-11(7-10)28-18(20,21)22/h1-7,23,27H,8H2,(H,24,25). The molecule has 2 aromatic carbocycles. The fraction of sp³-hybridized carbons (Fsp3) is 0.111. The van der Waals surface area contributed by atoms with E-state index in [0.29, 0.717) is 11.0 Å². The Morgan fingerprint density at radius 1 is 1.18 bits per heavy atom. The van der Waals surface area contributed by atoms with Gasteiger partial charge < -0.3 is 19.7 Å². The van der Waals surface area contributed by atoms with E-state index in [2.05, 4.69) is 14.7 Å². The highest BCUT2D eigenvalue weighted by Gasteiger charge is 2.33. The molecule has 2 heterocycles. The van der Waals surface area contributed by atoms with Crippen LogP contribution in [0.3, 0.4) is 0 Å². The van der Waals surface area contributed by atoms with Crippen molar-refractivity contribution in [2.75, 3.05) is 11.4 Å². The number of anilines is 1. The van der Waals surface area contributed by atoms with Gasteiger partial charge in [-0.2, -0.15) is 0 Å². The molecule has 4 rings (SSSR count). The predicted molar refractivity (Wildman–Crippen MR) is 93.8 cm³/mol. The third-order valence-corrected chi connectivity index (χ3v) is 4.15. The van der Waals surface area contributed by atoms with Crippen LogP contribution in [0.25, 0.3) is 16.6 Å². The number of hydrogen-bond acceptors (Lipinski definition) is 4. The van der Waals surface area contributed by atoms with E-state index in [1.165, 1.54) is 35.2 Å². The van der Waals surface area contributed by atoms with Crippen LogP contribution in [0, 0.1) is 11.2 Å². The first-order valence-electron chi connectivity index (χ1n) is 8.01. The second-order valence-electron chi connectivity index (χ2n) is 6.05. The van der Waals surface area contributed by atoms with Gasteiger partial charge in [-0.15, -0.1) is 13.2 Å². The molecule has 0 fully saturated rings. The van der Waals surface area contributed by atoms with E-state index in [-0.39, 0.29) is 35.2 Å². The summed E-state index contributed by atoms with van der Waals surface area (Å²) in [6, 6.07) is 9.02.